The van der Waals surface area contributed by atoms with Gasteiger partial charge in [0.05, 0.1) is 12.7 Å². The summed E-state index contributed by atoms with van der Waals surface area (Å²) in [6.45, 7) is 11.8. The molecule has 0 saturated carbocycles. The number of ether oxygens (including phenoxy) is 1. The third kappa shape index (κ3) is 4.35. The first-order valence-electron chi connectivity index (χ1n) is 5.87. The van der Waals surface area contributed by atoms with Gasteiger partial charge in [0.2, 0.25) is 0 Å². The van der Waals surface area contributed by atoms with Crippen LogP contribution in [0.15, 0.2) is 12.2 Å². The van der Waals surface area contributed by atoms with Crippen LogP contribution in [-0.4, -0.2) is 23.8 Å². The molecule has 0 radical (unpaired) electrons. The van der Waals surface area contributed by atoms with Crippen molar-refractivity contribution in [2.45, 2.75) is 64.6 Å². The second kappa shape index (κ2) is 4.67. The van der Waals surface area contributed by atoms with Crippen LogP contribution < -0.4 is 5.32 Å². The smallest absolute Gasteiger partial charge is 0.0651 e. The second-order valence-corrected chi connectivity index (χ2v) is 5.83. The molecular formula is C13H25NO. The molecule has 1 rings (SSSR count). The summed E-state index contributed by atoms with van der Waals surface area (Å²) in [4.78, 5) is 0. The molecule has 1 N–H and O–H groups in total. The highest BCUT2D eigenvalue weighted by Crippen LogP contribution is 2.30. The van der Waals surface area contributed by atoms with E-state index in [9.17, 15) is 0 Å². The minimum Gasteiger partial charge on any atom is -0.374 e. The van der Waals surface area contributed by atoms with Crippen molar-refractivity contribution in [3.63, 3.8) is 0 Å². The largest absolute Gasteiger partial charge is 0.374 e. The van der Waals surface area contributed by atoms with E-state index in [-0.39, 0.29) is 11.1 Å². The van der Waals surface area contributed by atoms with Crippen molar-refractivity contribution in [1.82, 2.24) is 5.32 Å². The molecule has 0 spiro atoms. The molecule has 1 aliphatic rings. The van der Waals surface area contributed by atoms with Crippen molar-refractivity contribution >= 4 is 0 Å². The number of allylic oxidation sites excluding steroid dienone is 1. The SMILES string of the molecule is CC=CCOC1CC(C)(C)NC(C)(C)C1. The Morgan fingerprint density at radius 3 is 2.20 bits per heavy atom. The fourth-order valence-electron chi connectivity index (χ4n) is 2.63. The van der Waals surface area contributed by atoms with Crippen LogP contribution in [0.1, 0.15) is 47.5 Å². The van der Waals surface area contributed by atoms with E-state index in [1.807, 2.05) is 13.0 Å². The van der Waals surface area contributed by atoms with E-state index in [0.29, 0.717) is 6.10 Å². The van der Waals surface area contributed by atoms with Gasteiger partial charge in [-0.2, -0.15) is 0 Å². The molecule has 0 atom stereocenters. The van der Waals surface area contributed by atoms with Crippen molar-refractivity contribution < 1.29 is 4.74 Å². The zero-order valence-electron chi connectivity index (χ0n) is 10.8. The van der Waals surface area contributed by atoms with Gasteiger partial charge in [-0.05, 0) is 47.5 Å². The molecule has 2 nitrogen and oxygen atoms in total. The predicted octanol–water partition coefficient (Wildman–Crippen LogP) is 2.89. The van der Waals surface area contributed by atoms with Gasteiger partial charge in [0.25, 0.3) is 0 Å². The monoisotopic (exact) mass is 211 g/mol. The fourth-order valence-corrected chi connectivity index (χ4v) is 2.63. The van der Waals surface area contributed by atoms with Crippen molar-refractivity contribution in [3.05, 3.63) is 12.2 Å². The van der Waals surface area contributed by atoms with Crippen LogP contribution in [0, 0.1) is 0 Å². The Kier molecular flexibility index (Phi) is 3.96. The maximum Gasteiger partial charge on any atom is 0.0651 e. The molecule has 1 fully saturated rings. The van der Waals surface area contributed by atoms with Gasteiger partial charge in [-0.25, -0.2) is 0 Å². The van der Waals surface area contributed by atoms with Crippen LogP contribution in [-0.2, 0) is 4.74 Å². The molecule has 0 aromatic heterocycles. The number of hydrogen-bond donors (Lipinski definition) is 1. The maximum absolute atomic E-state index is 5.87. The number of rotatable bonds is 3. The van der Waals surface area contributed by atoms with Gasteiger partial charge < -0.3 is 10.1 Å². The molecule has 0 amide bonds. The molecule has 2 heteroatoms. The third-order valence-electron chi connectivity index (χ3n) is 2.82. The average molecular weight is 211 g/mol. The van der Waals surface area contributed by atoms with Gasteiger partial charge in [-0.15, -0.1) is 0 Å². The van der Waals surface area contributed by atoms with Crippen molar-refractivity contribution in [3.8, 4) is 0 Å². The van der Waals surface area contributed by atoms with Gasteiger partial charge in [0, 0.05) is 11.1 Å². The van der Waals surface area contributed by atoms with Crippen LogP contribution in [0.5, 0.6) is 0 Å². The Hall–Kier alpha value is -0.340. The van der Waals surface area contributed by atoms with E-state index in [1.54, 1.807) is 0 Å². The summed E-state index contributed by atoms with van der Waals surface area (Å²) in [5.41, 5.74) is 0.366. The summed E-state index contributed by atoms with van der Waals surface area (Å²) < 4.78 is 5.87. The lowest BCUT2D eigenvalue weighted by atomic mass is 9.81. The van der Waals surface area contributed by atoms with Gasteiger partial charge >= 0.3 is 0 Å². The van der Waals surface area contributed by atoms with E-state index in [0.717, 1.165) is 19.4 Å². The van der Waals surface area contributed by atoms with E-state index < -0.39 is 0 Å². The summed E-state index contributed by atoms with van der Waals surface area (Å²) in [6, 6.07) is 0. The molecular weight excluding hydrogens is 186 g/mol. The van der Waals surface area contributed by atoms with Gasteiger partial charge in [-0.1, -0.05) is 12.2 Å². The van der Waals surface area contributed by atoms with Crippen molar-refractivity contribution in [1.29, 1.82) is 0 Å². The standard InChI is InChI=1S/C13H25NO/c1-6-7-8-15-11-9-12(2,3)14-13(4,5)10-11/h6-7,11,14H,8-10H2,1-5H3. The van der Waals surface area contributed by atoms with Gasteiger partial charge in [-0.3, -0.25) is 0 Å². The summed E-state index contributed by atoms with van der Waals surface area (Å²) in [5.74, 6) is 0. The Bertz CT molecular complexity index is 215. The topological polar surface area (TPSA) is 21.3 Å². The quantitative estimate of drug-likeness (QED) is 0.725. The lowest BCUT2D eigenvalue weighted by molar-refractivity contribution is -0.00974. The minimum absolute atomic E-state index is 0.183. The number of piperidine rings is 1. The van der Waals surface area contributed by atoms with Gasteiger partial charge in [0.1, 0.15) is 0 Å². The lowest BCUT2D eigenvalue weighted by Gasteiger charge is -2.46. The Labute approximate surface area is 94.1 Å². The minimum atomic E-state index is 0.183. The zero-order valence-corrected chi connectivity index (χ0v) is 10.8. The first kappa shape index (κ1) is 12.7. The molecule has 1 heterocycles. The Balaban J connectivity index is 2.51. The van der Waals surface area contributed by atoms with Crippen LogP contribution in [0.3, 0.4) is 0 Å². The summed E-state index contributed by atoms with van der Waals surface area (Å²) in [5, 5.41) is 3.65. The lowest BCUT2D eigenvalue weighted by Crippen LogP contribution is -2.59. The summed E-state index contributed by atoms with van der Waals surface area (Å²) >= 11 is 0. The van der Waals surface area contributed by atoms with Crippen molar-refractivity contribution in [2.24, 2.45) is 0 Å². The first-order chi connectivity index (χ1) is 6.85. The molecule has 15 heavy (non-hydrogen) atoms. The van der Waals surface area contributed by atoms with Crippen LogP contribution >= 0.6 is 0 Å². The van der Waals surface area contributed by atoms with Crippen LogP contribution in [0.4, 0.5) is 0 Å². The molecule has 0 bridgehead atoms. The highest BCUT2D eigenvalue weighted by molar-refractivity contribution is 4.97. The molecule has 0 aliphatic carbocycles. The van der Waals surface area contributed by atoms with E-state index in [4.69, 9.17) is 4.74 Å². The maximum atomic E-state index is 5.87. The Morgan fingerprint density at radius 2 is 1.73 bits per heavy atom. The third-order valence-corrected chi connectivity index (χ3v) is 2.82. The van der Waals surface area contributed by atoms with E-state index >= 15 is 0 Å². The fraction of sp³-hybridized carbons (Fsp3) is 0.846. The molecule has 0 aromatic carbocycles. The molecule has 0 unspecified atom stereocenters. The van der Waals surface area contributed by atoms with Gasteiger partial charge in [0.15, 0.2) is 0 Å². The molecule has 88 valence electrons. The first-order valence-corrected chi connectivity index (χ1v) is 5.87. The Morgan fingerprint density at radius 1 is 1.20 bits per heavy atom. The highest BCUT2D eigenvalue weighted by Gasteiger charge is 2.37. The number of hydrogen-bond acceptors (Lipinski definition) is 2. The second-order valence-electron chi connectivity index (χ2n) is 5.83. The normalized spacial score (nSPS) is 25.9. The van der Waals surface area contributed by atoms with E-state index in [1.165, 1.54) is 0 Å². The molecule has 0 aromatic rings. The molecule has 1 aliphatic heterocycles. The number of nitrogens with one attached hydrogen (secondary N) is 1. The zero-order chi connectivity index (χ0) is 11.5. The van der Waals surface area contributed by atoms with E-state index in [2.05, 4.69) is 39.1 Å². The average Bonchev–Trinajstić information content (AvgIpc) is 1.98. The summed E-state index contributed by atoms with van der Waals surface area (Å²) in [6.07, 6.45) is 6.67. The van der Waals surface area contributed by atoms with Crippen molar-refractivity contribution in [2.75, 3.05) is 6.61 Å². The summed E-state index contributed by atoms with van der Waals surface area (Å²) in [7, 11) is 0. The molecule has 1 saturated heterocycles. The van der Waals surface area contributed by atoms with Crippen LogP contribution in [0.2, 0.25) is 0 Å². The predicted molar refractivity (Wildman–Crippen MR) is 65.1 cm³/mol. The van der Waals surface area contributed by atoms with Crippen LogP contribution in [0.25, 0.3) is 0 Å². The highest BCUT2D eigenvalue weighted by atomic mass is 16.5.